The van der Waals surface area contributed by atoms with Gasteiger partial charge in [-0.1, -0.05) is 40.2 Å². The summed E-state index contributed by atoms with van der Waals surface area (Å²) in [5.41, 5.74) is 5.48. The van der Waals surface area contributed by atoms with Gasteiger partial charge in [0.15, 0.2) is 0 Å². The van der Waals surface area contributed by atoms with E-state index in [9.17, 15) is 5.11 Å². The lowest BCUT2D eigenvalue weighted by molar-refractivity contribution is 0.474. The Balaban J connectivity index is 1.70. The number of halogens is 1. The number of hydrogen-bond acceptors (Lipinski definition) is 5. The van der Waals surface area contributed by atoms with Crippen molar-refractivity contribution in [2.45, 2.75) is 0 Å². The summed E-state index contributed by atoms with van der Waals surface area (Å²) in [5, 5.41) is 16.4. The van der Waals surface area contributed by atoms with E-state index in [0.717, 1.165) is 15.7 Å². The molecule has 0 aliphatic heterocycles. The van der Waals surface area contributed by atoms with Crippen LogP contribution in [-0.2, 0) is 0 Å². The minimum absolute atomic E-state index is 0.197. The van der Waals surface area contributed by atoms with Crippen molar-refractivity contribution in [2.24, 2.45) is 5.10 Å². The minimum atomic E-state index is 0.197. The number of nitrogens with zero attached hydrogens (tertiary/aromatic N) is 2. The van der Waals surface area contributed by atoms with Crippen LogP contribution in [0.25, 0.3) is 11.3 Å². The second-order valence-corrected chi connectivity index (χ2v) is 6.25. The van der Waals surface area contributed by atoms with Gasteiger partial charge in [0.1, 0.15) is 5.75 Å². The molecule has 0 radical (unpaired) electrons. The van der Waals surface area contributed by atoms with Crippen LogP contribution in [0.1, 0.15) is 5.56 Å². The monoisotopic (exact) mass is 373 g/mol. The van der Waals surface area contributed by atoms with Gasteiger partial charge in [-0.25, -0.2) is 4.98 Å². The van der Waals surface area contributed by atoms with Gasteiger partial charge in [-0.2, -0.15) is 5.10 Å². The normalized spacial score (nSPS) is 11.0. The van der Waals surface area contributed by atoms with Crippen LogP contribution < -0.4 is 5.43 Å². The molecule has 3 aromatic rings. The number of hydrazone groups is 1. The van der Waals surface area contributed by atoms with Crippen molar-refractivity contribution in [2.75, 3.05) is 5.43 Å². The summed E-state index contributed by atoms with van der Waals surface area (Å²) in [6.07, 6.45) is 1.57. The van der Waals surface area contributed by atoms with Gasteiger partial charge in [0.25, 0.3) is 0 Å². The molecular weight excluding hydrogens is 362 g/mol. The van der Waals surface area contributed by atoms with E-state index in [1.807, 2.05) is 35.7 Å². The number of anilines is 1. The highest BCUT2D eigenvalue weighted by Gasteiger charge is 2.03. The number of para-hydroxylation sites is 1. The summed E-state index contributed by atoms with van der Waals surface area (Å²) in [5.74, 6) is 0.197. The Kier molecular flexibility index (Phi) is 4.50. The van der Waals surface area contributed by atoms with Crippen molar-refractivity contribution in [3.63, 3.8) is 0 Å². The van der Waals surface area contributed by atoms with Crippen LogP contribution in [0.4, 0.5) is 5.13 Å². The zero-order valence-corrected chi connectivity index (χ0v) is 13.8. The van der Waals surface area contributed by atoms with Gasteiger partial charge in [0.05, 0.1) is 11.9 Å². The van der Waals surface area contributed by atoms with Gasteiger partial charge in [0.2, 0.25) is 5.13 Å². The molecule has 22 heavy (non-hydrogen) atoms. The Morgan fingerprint density at radius 2 is 1.91 bits per heavy atom. The maximum Gasteiger partial charge on any atom is 0.203 e. The first-order valence-corrected chi connectivity index (χ1v) is 8.18. The van der Waals surface area contributed by atoms with Crippen LogP contribution in [0, 0.1) is 0 Å². The number of aromatic nitrogens is 1. The molecular formula is C16H12BrN3OS. The van der Waals surface area contributed by atoms with Crippen molar-refractivity contribution < 1.29 is 5.11 Å². The molecule has 0 saturated carbocycles. The Labute approximate surface area is 140 Å². The van der Waals surface area contributed by atoms with E-state index in [-0.39, 0.29) is 5.75 Å². The van der Waals surface area contributed by atoms with Crippen LogP contribution in [-0.4, -0.2) is 16.3 Å². The molecule has 6 heteroatoms. The number of thiazole rings is 1. The molecule has 3 rings (SSSR count). The third kappa shape index (κ3) is 3.52. The Bertz CT molecular complexity index is 799. The van der Waals surface area contributed by atoms with Gasteiger partial charge in [0, 0.05) is 21.0 Å². The van der Waals surface area contributed by atoms with Crippen LogP contribution in [0.3, 0.4) is 0 Å². The number of benzene rings is 2. The fourth-order valence-electron chi connectivity index (χ4n) is 1.83. The SMILES string of the molecule is Oc1ccccc1/C=N/Nc1nc(-c2ccc(Br)cc2)cs1. The highest BCUT2D eigenvalue weighted by molar-refractivity contribution is 9.10. The van der Waals surface area contributed by atoms with Crippen LogP contribution in [0.2, 0.25) is 0 Å². The number of hydrogen-bond donors (Lipinski definition) is 2. The highest BCUT2D eigenvalue weighted by atomic mass is 79.9. The molecule has 4 nitrogen and oxygen atoms in total. The molecule has 0 saturated heterocycles. The molecule has 2 aromatic carbocycles. The Morgan fingerprint density at radius 1 is 1.14 bits per heavy atom. The molecule has 110 valence electrons. The molecule has 1 aromatic heterocycles. The van der Waals surface area contributed by atoms with Gasteiger partial charge in [-0.05, 0) is 24.3 Å². The predicted molar refractivity (Wildman–Crippen MR) is 94.6 cm³/mol. The molecule has 2 N–H and O–H groups in total. The van der Waals surface area contributed by atoms with Gasteiger partial charge >= 0.3 is 0 Å². The van der Waals surface area contributed by atoms with E-state index in [2.05, 4.69) is 31.4 Å². The van der Waals surface area contributed by atoms with E-state index in [1.54, 1.807) is 24.4 Å². The number of nitrogens with one attached hydrogen (secondary N) is 1. The first-order valence-electron chi connectivity index (χ1n) is 6.51. The summed E-state index contributed by atoms with van der Waals surface area (Å²) in [6, 6.07) is 15.0. The van der Waals surface area contributed by atoms with Crippen molar-refractivity contribution in [3.8, 4) is 17.0 Å². The smallest absolute Gasteiger partial charge is 0.203 e. The summed E-state index contributed by atoms with van der Waals surface area (Å²) < 4.78 is 1.04. The van der Waals surface area contributed by atoms with Crippen molar-refractivity contribution >= 4 is 38.6 Å². The Hall–Kier alpha value is -2.18. The second kappa shape index (κ2) is 6.72. The molecule has 0 bridgehead atoms. The lowest BCUT2D eigenvalue weighted by Gasteiger charge is -1.98. The summed E-state index contributed by atoms with van der Waals surface area (Å²) >= 11 is 4.89. The minimum Gasteiger partial charge on any atom is -0.507 e. The quantitative estimate of drug-likeness (QED) is 0.513. The van der Waals surface area contributed by atoms with E-state index >= 15 is 0 Å². The molecule has 0 spiro atoms. The van der Waals surface area contributed by atoms with E-state index in [0.29, 0.717) is 10.7 Å². The zero-order valence-electron chi connectivity index (χ0n) is 11.4. The molecule has 0 aliphatic carbocycles. The van der Waals surface area contributed by atoms with Crippen LogP contribution in [0.15, 0.2) is 63.5 Å². The van der Waals surface area contributed by atoms with Crippen LogP contribution in [0.5, 0.6) is 5.75 Å². The second-order valence-electron chi connectivity index (χ2n) is 4.47. The molecule has 0 unspecified atom stereocenters. The number of phenols is 1. The largest absolute Gasteiger partial charge is 0.507 e. The predicted octanol–water partition coefficient (Wildman–Crippen LogP) is 4.72. The summed E-state index contributed by atoms with van der Waals surface area (Å²) in [4.78, 5) is 4.48. The molecule has 0 fully saturated rings. The topological polar surface area (TPSA) is 57.5 Å². The Morgan fingerprint density at radius 3 is 2.68 bits per heavy atom. The highest BCUT2D eigenvalue weighted by Crippen LogP contribution is 2.26. The van der Waals surface area contributed by atoms with Gasteiger partial charge in [-0.3, -0.25) is 5.43 Å². The number of rotatable bonds is 4. The number of phenolic OH excluding ortho intramolecular Hbond substituents is 1. The molecule has 0 amide bonds. The maximum atomic E-state index is 9.65. The average Bonchev–Trinajstić information content (AvgIpc) is 2.99. The van der Waals surface area contributed by atoms with Crippen molar-refractivity contribution in [1.29, 1.82) is 0 Å². The standard InChI is InChI=1S/C16H12BrN3OS/c17-13-7-5-11(6-8-13)14-10-22-16(19-14)20-18-9-12-3-1-2-4-15(12)21/h1-10,21H,(H,19,20)/b18-9+. The van der Waals surface area contributed by atoms with Crippen molar-refractivity contribution in [1.82, 2.24) is 4.98 Å². The lowest BCUT2D eigenvalue weighted by atomic mass is 10.2. The average molecular weight is 374 g/mol. The third-order valence-corrected chi connectivity index (χ3v) is 4.22. The van der Waals surface area contributed by atoms with Crippen molar-refractivity contribution in [3.05, 3.63) is 63.9 Å². The molecule has 0 atom stereocenters. The van der Waals surface area contributed by atoms with Gasteiger partial charge < -0.3 is 5.11 Å². The van der Waals surface area contributed by atoms with E-state index in [1.165, 1.54) is 11.3 Å². The lowest BCUT2D eigenvalue weighted by Crippen LogP contribution is -1.90. The summed E-state index contributed by atoms with van der Waals surface area (Å²) in [6.45, 7) is 0. The fraction of sp³-hybridized carbons (Fsp3) is 0. The van der Waals surface area contributed by atoms with E-state index in [4.69, 9.17) is 0 Å². The fourth-order valence-corrected chi connectivity index (χ4v) is 2.76. The number of aromatic hydroxyl groups is 1. The molecule has 1 heterocycles. The maximum absolute atomic E-state index is 9.65. The van der Waals surface area contributed by atoms with Crippen LogP contribution >= 0.6 is 27.3 Å². The third-order valence-electron chi connectivity index (χ3n) is 2.94. The zero-order chi connectivity index (χ0) is 15.4. The first-order chi connectivity index (χ1) is 10.7. The van der Waals surface area contributed by atoms with E-state index < -0.39 is 0 Å². The molecule has 0 aliphatic rings. The van der Waals surface area contributed by atoms with Gasteiger partial charge in [-0.15, -0.1) is 11.3 Å². The first kappa shape index (κ1) is 14.7. The summed E-state index contributed by atoms with van der Waals surface area (Å²) in [7, 11) is 0.